The van der Waals surface area contributed by atoms with Crippen molar-refractivity contribution in [2.45, 2.75) is 38.0 Å². The Morgan fingerprint density at radius 1 is 1.55 bits per heavy atom. The summed E-state index contributed by atoms with van der Waals surface area (Å²) < 4.78 is 26.5. The zero-order valence-electron chi connectivity index (χ0n) is 11.4. The van der Waals surface area contributed by atoms with E-state index in [4.69, 9.17) is 5.73 Å². The molecule has 1 heterocycles. The van der Waals surface area contributed by atoms with E-state index in [9.17, 15) is 8.78 Å². The van der Waals surface area contributed by atoms with E-state index >= 15 is 0 Å². The van der Waals surface area contributed by atoms with E-state index in [1.807, 2.05) is 11.4 Å². The molecule has 0 bridgehead atoms. The number of alkyl halides is 2. The zero-order chi connectivity index (χ0) is 14.4. The van der Waals surface area contributed by atoms with E-state index in [0.717, 1.165) is 19.4 Å². The summed E-state index contributed by atoms with van der Waals surface area (Å²) in [5.74, 6) is -2.20. The highest BCUT2D eigenvalue weighted by Crippen LogP contribution is 2.36. The number of nitrogens with two attached hydrogens (primary N) is 1. The summed E-state index contributed by atoms with van der Waals surface area (Å²) in [7, 11) is 0. The van der Waals surface area contributed by atoms with E-state index in [0.29, 0.717) is 18.9 Å². The molecule has 1 saturated carbocycles. The van der Waals surface area contributed by atoms with Crippen LogP contribution in [0.5, 0.6) is 0 Å². The molecule has 0 aromatic carbocycles. The van der Waals surface area contributed by atoms with Crippen molar-refractivity contribution in [2.75, 3.05) is 13.1 Å². The monoisotopic (exact) mass is 301 g/mol. The van der Waals surface area contributed by atoms with Gasteiger partial charge in [-0.2, -0.15) is 0 Å². The summed E-state index contributed by atoms with van der Waals surface area (Å²) in [5.41, 5.74) is 5.75. The molecule has 1 unspecified atom stereocenters. The molecule has 0 saturated heterocycles. The largest absolute Gasteiger partial charge is 0.370 e. The fourth-order valence-electron chi connectivity index (χ4n) is 2.48. The van der Waals surface area contributed by atoms with Crippen LogP contribution in [0.1, 0.15) is 30.6 Å². The van der Waals surface area contributed by atoms with Gasteiger partial charge in [-0.15, -0.1) is 11.3 Å². The van der Waals surface area contributed by atoms with Gasteiger partial charge in [0.25, 0.3) is 0 Å². The van der Waals surface area contributed by atoms with Crippen molar-refractivity contribution in [3.05, 3.63) is 22.4 Å². The van der Waals surface area contributed by atoms with Gasteiger partial charge in [-0.05, 0) is 36.6 Å². The SMILES string of the molecule is NC(=NCC1CCCC(F)(F)C1)NCCc1cccs1. The standard InChI is InChI=1S/C14H21F2N3S/c15-14(16)6-1-3-11(9-14)10-19-13(17)18-7-5-12-4-2-8-20-12/h2,4,8,11H,1,3,5-7,9-10H2,(H3,17,18,19). The molecule has 1 atom stereocenters. The van der Waals surface area contributed by atoms with Gasteiger partial charge in [-0.1, -0.05) is 6.07 Å². The Kier molecular flexibility index (Phi) is 5.34. The number of thiophene rings is 1. The van der Waals surface area contributed by atoms with E-state index in [1.54, 1.807) is 11.3 Å². The van der Waals surface area contributed by atoms with Gasteiger partial charge in [0.05, 0.1) is 0 Å². The first-order chi connectivity index (χ1) is 9.55. The van der Waals surface area contributed by atoms with Crippen molar-refractivity contribution in [1.29, 1.82) is 0 Å². The molecule has 0 aliphatic heterocycles. The number of nitrogens with zero attached hydrogens (tertiary/aromatic N) is 1. The van der Waals surface area contributed by atoms with Crippen LogP contribution in [0.2, 0.25) is 0 Å². The normalized spacial score (nSPS) is 22.7. The van der Waals surface area contributed by atoms with Crippen LogP contribution in [0.15, 0.2) is 22.5 Å². The van der Waals surface area contributed by atoms with Crippen molar-refractivity contribution >= 4 is 17.3 Å². The first kappa shape index (κ1) is 15.2. The highest BCUT2D eigenvalue weighted by atomic mass is 32.1. The van der Waals surface area contributed by atoms with E-state index in [-0.39, 0.29) is 18.8 Å². The molecule has 1 aromatic rings. The average molecular weight is 301 g/mol. The van der Waals surface area contributed by atoms with Gasteiger partial charge < -0.3 is 11.1 Å². The van der Waals surface area contributed by atoms with Gasteiger partial charge in [0.15, 0.2) is 5.96 Å². The Balaban J connectivity index is 1.68. The second-order valence-electron chi connectivity index (χ2n) is 5.30. The minimum Gasteiger partial charge on any atom is -0.370 e. The number of halogens is 2. The summed E-state index contributed by atoms with van der Waals surface area (Å²) in [5, 5.41) is 5.07. The van der Waals surface area contributed by atoms with Crippen LogP contribution in [0, 0.1) is 5.92 Å². The van der Waals surface area contributed by atoms with Gasteiger partial charge in [0, 0.05) is 30.8 Å². The lowest BCUT2D eigenvalue weighted by Crippen LogP contribution is -2.34. The van der Waals surface area contributed by atoms with Crippen LogP contribution < -0.4 is 11.1 Å². The van der Waals surface area contributed by atoms with Crippen LogP contribution in [0.3, 0.4) is 0 Å². The van der Waals surface area contributed by atoms with Crippen molar-refractivity contribution in [3.8, 4) is 0 Å². The third-order valence-corrected chi connectivity index (χ3v) is 4.46. The molecule has 1 fully saturated rings. The third-order valence-electron chi connectivity index (χ3n) is 3.52. The van der Waals surface area contributed by atoms with Crippen LogP contribution in [0.4, 0.5) is 8.78 Å². The average Bonchev–Trinajstić information content (AvgIpc) is 2.88. The predicted octanol–water partition coefficient (Wildman–Crippen LogP) is 3.02. The van der Waals surface area contributed by atoms with Gasteiger partial charge in [-0.25, -0.2) is 8.78 Å². The molecule has 112 valence electrons. The van der Waals surface area contributed by atoms with Crippen molar-refractivity contribution < 1.29 is 8.78 Å². The van der Waals surface area contributed by atoms with Crippen molar-refractivity contribution in [1.82, 2.24) is 5.32 Å². The fourth-order valence-corrected chi connectivity index (χ4v) is 3.19. The lowest BCUT2D eigenvalue weighted by atomic mass is 9.87. The van der Waals surface area contributed by atoms with Gasteiger partial charge >= 0.3 is 0 Å². The smallest absolute Gasteiger partial charge is 0.248 e. The van der Waals surface area contributed by atoms with E-state index < -0.39 is 5.92 Å². The number of rotatable bonds is 5. The Morgan fingerprint density at radius 3 is 3.10 bits per heavy atom. The van der Waals surface area contributed by atoms with Gasteiger partial charge in [-0.3, -0.25) is 4.99 Å². The molecule has 6 heteroatoms. The summed E-state index contributed by atoms with van der Waals surface area (Å²) in [6.07, 6.45) is 2.26. The highest BCUT2D eigenvalue weighted by Gasteiger charge is 2.35. The van der Waals surface area contributed by atoms with Gasteiger partial charge in [0.2, 0.25) is 5.92 Å². The molecule has 0 amide bonds. The molecular formula is C14H21F2N3S. The molecule has 3 nitrogen and oxygen atoms in total. The summed E-state index contributed by atoms with van der Waals surface area (Å²) in [4.78, 5) is 5.47. The minimum absolute atomic E-state index is 0.0156. The van der Waals surface area contributed by atoms with Crippen LogP contribution >= 0.6 is 11.3 Å². The number of hydrogen-bond acceptors (Lipinski definition) is 2. The molecule has 1 aliphatic rings. The van der Waals surface area contributed by atoms with Crippen LogP contribution in [0.25, 0.3) is 0 Å². The summed E-state index contributed by atoms with van der Waals surface area (Å²) in [6.45, 7) is 1.12. The predicted molar refractivity (Wildman–Crippen MR) is 79.4 cm³/mol. The van der Waals surface area contributed by atoms with E-state index in [2.05, 4.69) is 16.4 Å². The fraction of sp³-hybridized carbons (Fsp3) is 0.643. The molecule has 1 aromatic heterocycles. The number of guanidine groups is 1. The first-order valence-corrected chi connectivity index (χ1v) is 7.87. The van der Waals surface area contributed by atoms with Crippen LogP contribution in [-0.4, -0.2) is 25.0 Å². The Morgan fingerprint density at radius 2 is 2.40 bits per heavy atom. The summed E-state index contributed by atoms with van der Waals surface area (Å²) >= 11 is 1.71. The molecule has 2 rings (SSSR count). The van der Waals surface area contributed by atoms with Crippen molar-refractivity contribution in [3.63, 3.8) is 0 Å². The van der Waals surface area contributed by atoms with Gasteiger partial charge in [0.1, 0.15) is 0 Å². The number of aliphatic imine (C=N–C) groups is 1. The van der Waals surface area contributed by atoms with Crippen LogP contribution in [-0.2, 0) is 6.42 Å². The Labute approximate surface area is 122 Å². The Hall–Kier alpha value is -1.17. The number of nitrogens with one attached hydrogen (secondary N) is 1. The molecule has 0 radical (unpaired) electrons. The second-order valence-corrected chi connectivity index (χ2v) is 6.33. The number of hydrogen-bond donors (Lipinski definition) is 2. The molecular weight excluding hydrogens is 280 g/mol. The minimum atomic E-state index is -2.51. The highest BCUT2D eigenvalue weighted by molar-refractivity contribution is 7.09. The third kappa shape index (κ3) is 5.07. The maximum atomic E-state index is 13.2. The molecule has 3 N–H and O–H groups in total. The zero-order valence-corrected chi connectivity index (χ0v) is 12.3. The topological polar surface area (TPSA) is 50.4 Å². The second kappa shape index (κ2) is 7.02. The molecule has 0 spiro atoms. The molecule has 20 heavy (non-hydrogen) atoms. The Bertz CT molecular complexity index is 432. The lowest BCUT2D eigenvalue weighted by Gasteiger charge is -2.27. The lowest BCUT2D eigenvalue weighted by molar-refractivity contribution is -0.0508. The van der Waals surface area contributed by atoms with E-state index in [1.165, 1.54) is 4.88 Å². The maximum absolute atomic E-state index is 13.2. The quantitative estimate of drug-likeness (QED) is 0.649. The maximum Gasteiger partial charge on any atom is 0.248 e. The first-order valence-electron chi connectivity index (χ1n) is 6.99. The van der Waals surface area contributed by atoms with Crippen molar-refractivity contribution in [2.24, 2.45) is 16.6 Å². The summed E-state index contributed by atoms with van der Waals surface area (Å²) in [6, 6.07) is 4.09. The molecule has 1 aliphatic carbocycles.